The second kappa shape index (κ2) is 4.75. The minimum absolute atomic E-state index is 0.207. The molecule has 1 aromatic carbocycles. The Balaban J connectivity index is 2.13. The maximum atomic E-state index is 12.0. The van der Waals surface area contributed by atoms with Crippen LogP contribution in [0.25, 0.3) is 0 Å². The number of benzene rings is 1. The third-order valence-corrected chi connectivity index (χ3v) is 3.81. The molecule has 1 amide bonds. The third kappa shape index (κ3) is 2.67. The molecular weight excluding hydrogens is 259 g/mol. The molecule has 92 valence electrons. The van der Waals surface area contributed by atoms with Crippen molar-refractivity contribution in [2.75, 3.05) is 5.73 Å². The SMILES string of the molecule is CC1CC(NC(=O)c2cc(N)cc(Cl)c2Cl)C1. The summed E-state index contributed by atoms with van der Waals surface area (Å²) in [5.74, 6) is 0.473. The van der Waals surface area contributed by atoms with Gasteiger partial charge in [-0.2, -0.15) is 0 Å². The first kappa shape index (κ1) is 12.5. The van der Waals surface area contributed by atoms with E-state index in [0.29, 0.717) is 22.2 Å². The summed E-state index contributed by atoms with van der Waals surface area (Å²) in [6.45, 7) is 2.16. The average molecular weight is 273 g/mol. The van der Waals surface area contributed by atoms with Gasteiger partial charge in [-0.15, -0.1) is 0 Å². The van der Waals surface area contributed by atoms with Gasteiger partial charge in [0.25, 0.3) is 5.91 Å². The van der Waals surface area contributed by atoms with E-state index >= 15 is 0 Å². The van der Waals surface area contributed by atoms with Crippen LogP contribution in [0, 0.1) is 5.92 Å². The lowest BCUT2D eigenvalue weighted by atomic mass is 9.82. The zero-order valence-corrected chi connectivity index (χ0v) is 11.0. The Hall–Kier alpha value is -0.930. The molecule has 1 aliphatic carbocycles. The van der Waals surface area contributed by atoms with Gasteiger partial charge in [0.2, 0.25) is 0 Å². The first-order valence-corrected chi connectivity index (χ1v) is 6.28. The molecule has 0 aliphatic heterocycles. The Morgan fingerprint density at radius 3 is 2.65 bits per heavy atom. The summed E-state index contributed by atoms with van der Waals surface area (Å²) in [7, 11) is 0. The smallest absolute Gasteiger partial charge is 0.253 e. The second-order valence-corrected chi connectivity index (χ2v) is 5.40. The van der Waals surface area contributed by atoms with Crippen molar-refractivity contribution in [1.82, 2.24) is 5.32 Å². The monoisotopic (exact) mass is 272 g/mol. The number of nitrogen functional groups attached to an aromatic ring is 1. The zero-order chi connectivity index (χ0) is 12.6. The van der Waals surface area contributed by atoms with E-state index in [9.17, 15) is 4.79 Å². The predicted molar refractivity (Wildman–Crippen MR) is 70.5 cm³/mol. The number of halogens is 2. The van der Waals surface area contributed by atoms with Crippen molar-refractivity contribution in [2.24, 2.45) is 5.92 Å². The van der Waals surface area contributed by atoms with Crippen LogP contribution < -0.4 is 11.1 Å². The van der Waals surface area contributed by atoms with Crippen LogP contribution in [0.1, 0.15) is 30.1 Å². The van der Waals surface area contributed by atoms with Crippen LogP contribution in [0.2, 0.25) is 10.0 Å². The first-order chi connectivity index (χ1) is 7.97. The van der Waals surface area contributed by atoms with Crippen LogP contribution in [-0.4, -0.2) is 11.9 Å². The van der Waals surface area contributed by atoms with Crippen LogP contribution in [0.15, 0.2) is 12.1 Å². The van der Waals surface area contributed by atoms with Gasteiger partial charge in [-0.25, -0.2) is 0 Å². The van der Waals surface area contributed by atoms with E-state index in [1.54, 1.807) is 6.07 Å². The molecule has 0 atom stereocenters. The topological polar surface area (TPSA) is 55.1 Å². The van der Waals surface area contributed by atoms with Crippen LogP contribution in [-0.2, 0) is 0 Å². The number of carbonyl (C=O) groups is 1. The van der Waals surface area contributed by atoms with E-state index in [-0.39, 0.29) is 17.0 Å². The van der Waals surface area contributed by atoms with Crippen LogP contribution in [0.5, 0.6) is 0 Å². The van der Waals surface area contributed by atoms with E-state index < -0.39 is 0 Å². The third-order valence-electron chi connectivity index (χ3n) is 3.00. The van der Waals surface area contributed by atoms with Gasteiger partial charge in [0.1, 0.15) is 0 Å². The van der Waals surface area contributed by atoms with Gasteiger partial charge >= 0.3 is 0 Å². The Morgan fingerprint density at radius 1 is 1.41 bits per heavy atom. The summed E-state index contributed by atoms with van der Waals surface area (Å²) < 4.78 is 0. The normalized spacial score (nSPS) is 23.0. The van der Waals surface area contributed by atoms with Crippen LogP contribution in [0.4, 0.5) is 5.69 Å². The molecular formula is C12H14Cl2N2O. The molecule has 0 aromatic heterocycles. The van der Waals surface area contributed by atoms with Crippen molar-refractivity contribution >= 4 is 34.8 Å². The van der Waals surface area contributed by atoms with Gasteiger partial charge in [0.15, 0.2) is 0 Å². The standard InChI is InChI=1S/C12H14Cl2N2O/c1-6-2-8(3-6)16-12(17)9-4-7(15)5-10(13)11(9)14/h4-6,8H,2-3,15H2,1H3,(H,16,17). The van der Waals surface area contributed by atoms with Crippen molar-refractivity contribution in [1.29, 1.82) is 0 Å². The van der Waals surface area contributed by atoms with E-state index in [1.807, 2.05) is 0 Å². The molecule has 0 spiro atoms. The molecule has 3 nitrogen and oxygen atoms in total. The molecule has 1 saturated carbocycles. The highest BCUT2D eigenvalue weighted by molar-refractivity contribution is 6.44. The maximum Gasteiger partial charge on any atom is 0.253 e. The van der Waals surface area contributed by atoms with Crippen molar-refractivity contribution < 1.29 is 4.79 Å². The fourth-order valence-electron chi connectivity index (χ4n) is 2.06. The number of amides is 1. The van der Waals surface area contributed by atoms with E-state index in [1.165, 1.54) is 6.07 Å². The summed E-state index contributed by atoms with van der Waals surface area (Å²) in [5.41, 5.74) is 6.42. The number of rotatable bonds is 2. The van der Waals surface area contributed by atoms with E-state index in [0.717, 1.165) is 12.8 Å². The summed E-state index contributed by atoms with van der Waals surface area (Å²) in [6, 6.07) is 3.33. The minimum Gasteiger partial charge on any atom is -0.399 e. The molecule has 0 heterocycles. The Labute approximate surface area is 110 Å². The number of hydrogen-bond donors (Lipinski definition) is 2. The molecule has 0 unspecified atom stereocenters. The highest BCUT2D eigenvalue weighted by Gasteiger charge is 2.27. The Kier molecular flexibility index (Phi) is 3.50. The minimum atomic E-state index is -0.207. The Bertz CT molecular complexity index is 456. The summed E-state index contributed by atoms with van der Waals surface area (Å²) in [4.78, 5) is 12.0. The number of hydrogen-bond acceptors (Lipinski definition) is 2. The molecule has 1 aromatic rings. The van der Waals surface area contributed by atoms with Crippen LogP contribution >= 0.6 is 23.2 Å². The molecule has 5 heteroatoms. The van der Waals surface area contributed by atoms with Crippen LogP contribution in [0.3, 0.4) is 0 Å². The predicted octanol–water partition coefficient (Wildman–Crippen LogP) is 3.10. The van der Waals surface area contributed by atoms with Gasteiger partial charge in [-0.1, -0.05) is 30.1 Å². The summed E-state index contributed by atoms with van der Waals surface area (Å²) >= 11 is 11.9. The average Bonchev–Trinajstić information content (AvgIpc) is 2.21. The molecule has 17 heavy (non-hydrogen) atoms. The van der Waals surface area contributed by atoms with Gasteiger partial charge < -0.3 is 11.1 Å². The van der Waals surface area contributed by atoms with Crippen molar-refractivity contribution in [3.05, 3.63) is 27.7 Å². The fraction of sp³-hybridized carbons (Fsp3) is 0.417. The van der Waals surface area contributed by atoms with E-state index in [2.05, 4.69) is 12.2 Å². The molecule has 1 aliphatic rings. The zero-order valence-electron chi connectivity index (χ0n) is 9.47. The van der Waals surface area contributed by atoms with Gasteiger partial charge in [-0.05, 0) is 30.9 Å². The summed E-state index contributed by atoms with van der Waals surface area (Å²) in [6.07, 6.45) is 2.03. The number of nitrogens with two attached hydrogens (primary N) is 1. The van der Waals surface area contributed by atoms with Gasteiger partial charge in [0, 0.05) is 11.7 Å². The number of anilines is 1. The highest BCUT2D eigenvalue weighted by Crippen LogP contribution is 2.30. The lowest BCUT2D eigenvalue weighted by molar-refractivity contribution is 0.0896. The molecule has 3 N–H and O–H groups in total. The summed E-state index contributed by atoms with van der Waals surface area (Å²) in [5, 5.41) is 3.48. The number of carbonyl (C=O) groups excluding carboxylic acids is 1. The van der Waals surface area contributed by atoms with Gasteiger partial charge in [0.05, 0.1) is 15.6 Å². The quantitative estimate of drug-likeness (QED) is 0.813. The molecule has 0 saturated heterocycles. The Morgan fingerprint density at radius 2 is 2.06 bits per heavy atom. The lowest BCUT2D eigenvalue weighted by Gasteiger charge is -2.33. The second-order valence-electron chi connectivity index (χ2n) is 4.61. The molecule has 2 rings (SSSR count). The largest absolute Gasteiger partial charge is 0.399 e. The highest BCUT2D eigenvalue weighted by atomic mass is 35.5. The number of nitrogens with one attached hydrogen (secondary N) is 1. The maximum absolute atomic E-state index is 12.0. The molecule has 0 radical (unpaired) electrons. The lowest BCUT2D eigenvalue weighted by Crippen LogP contribution is -2.43. The van der Waals surface area contributed by atoms with Crippen molar-refractivity contribution in [2.45, 2.75) is 25.8 Å². The van der Waals surface area contributed by atoms with Crippen molar-refractivity contribution in [3.63, 3.8) is 0 Å². The van der Waals surface area contributed by atoms with Crippen molar-refractivity contribution in [3.8, 4) is 0 Å². The molecule has 1 fully saturated rings. The van der Waals surface area contributed by atoms with E-state index in [4.69, 9.17) is 28.9 Å². The first-order valence-electron chi connectivity index (χ1n) is 5.52. The van der Waals surface area contributed by atoms with Gasteiger partial charge in [-0.3, -0.25) is 4.79 Å². The molecule has 0 bridgehead atoms. The fourth-order valence-corrected chi connectivity index (χ4v) is 2.48.